The van der Waals surface area contributed by atoms with Gasteiger partial charge >= 0.3 is 5.97 Å². The highest BCUT2D eigenvalue weighted by molar-refractivity contribution is 6.07. The summed E-state index contributed by atoms with van der Waals surface area (Å²) < 4.78 is 18.7. The van der Waals surface area contributed by atoms with Crippen molar-refractivity contribution >= 4 is 29.2 Å². The van der Waals surface area contributed by atoms with Crippen LogP contribution < -0.4 is 10.2 Å². The zero-order valence-corrected chi connectivity index (χ0v) is 19.4. The predicted molar refractivity (Wildman–Crippen MR) is 131 cm³/mol. The normalized spacial score (nSPS) is 13.3. The lowest BCUT2D eigenvalue weighted by Gasteiger charge is -2.37. The number of hydrogen-bond acceptors (Lipinski definition) is 5. The maximum absolute atomic E-state index is 13.6. The first-order chi connectivity index (χ1) is 17.0. The van der Waals surface area contributed by atoms with Crippen LogP contribution in [-0.4, -0.2) is 55.5 Å². The number of carbonyl (C=O) groups is 3. The van der Waals surface area contributed by atoms with E-state index in [2.05, 4.69) is 5.32 Å². The molecular formula is C27H26FN3O4. The second-order valence-electron chi connectivity index (χ2n) is 8.06. The van der Waals surface area contributed by atoms with Crippen LogP contribution in [0.5, 0.6) is 0 Å². The van der Waals surface area contributed by atoms with Crippen molar-refractivity contribution < 1.29 is 23.5 Å². The highest BCUT2D eigenvalue weighted by atomic mass is 19.1. The number of anilines is 2. The molecule has 8 heteroatoms. The van der Waals surface area contributed by atoms with Gasteiger partial charge in [-0.15, -0.1) is 0 Å². The van der Waals surface area contributed by atoms with Gasteiger partial charge in [0.2, 0.25) is 0 Å². The Morgan fingerprint density at radius 1 is 0.857 bits per heavy atom. The molecule has 1 N–H and O–H groups in total. The molecule has 35 heavy (non-hydrogen) atoms. The van der Waals surface area contributed by atoms with Gasteiger partial charge in [-0.1, -0.05) is 24.3 Å². The zero-order chi connectivity index (χ0) is 24.8. The minimum absolute atomic E-state index is 0.0254. The molecule has 0 radical (unpaired) electrons. The van der Waals surface area contributed by atoms with Crippen LogP contribution in [0.1, 0.15) is 38.0 Å². The molecule has 0 spiro atoms. The van der Waals surface area contributed by atoms with E-state index in [0.717, 1.165) is 6.07 Å². The van der Waals surface area contributed by atoms with Crippen LogP contribution in [0.2, 0.25) is 0 Å². The Bertz CT molecular complexity index is 1220. The van der Waals surface area contributed by atoms with E-state index < -0.39 is 17.7 Å². The number of amides is 2. The summed E-state index contributed by atoms with van der Waals surface area (Å²) in [5.41, 5.74) is 2.21. The third-order valence-electron chi connectivity index (χ3n) is 5.77. The number of halogens is 1. The minimum atomic E-state index is -0.516. The van der Waals surface area contributed by atoms with Gasteiger partial charge in [-0.05, 0) is 55.5 Å². The van der Waals surface area contributed by atoms with Crippen LogP contribution in [0.4, 0.5) is 15.8 Å². The van der Waals surface area contributed by atoms with E-state index in [-0.39, 0.29) is 18.1 Å². The van der Waals surface area contributed by atoms with E-state index in [9.17, 15) is 18.8 Å². The molecule has 7 nitrogen and oxygen atoms in total. The first-order valence-electron chi connectivity index (χ1n) is 11.4. The van der Waals surface area contributed by atoms with E-state index in [1.807, 2.05) is 23.1 Å². The van der Waals surface area contributed by atoms with Crippen molar-refractivity contribution in [2.75, 3.05) is 43.0 Å². The number of nitrogens with zero attached hydrogens (tertiary/aromatic N) is 2. The topological polar surface area (TPSA) is 79.0 Å². The van der Waals surface area contributed by atoms with Crippen molar-refractivity contribution in [1.29, 1.82) is 0 Å². The Morgan fingerprint density at radius 3 is 2.26 bits per heavy atom. The van der Waals surface area contributed by atoms with Crippen LogP contribution >= 0.6 is 0 Å². The second-order valence-corrected chi connectivity index (χ2v) is 8.06. The van der Waals surface area contributed by atoms with Crippen molar-refractivity contribution in [3.63, 3.8) is 0 Å². The number of hydrogen-bond donors (Lipinski definition) is 1. The third-order valence-corrected chi connectivity index (χ3v) is 5.77. The van der Waals surface area contributed by atoms with Crippen LogP contribution in [0.15, 0.2) is 72.8 Å². The number of esters is 1. The number of piperazine rings is 1. The van der Waals surface area contributed by atoms with Crippen LogP contribution in [-0.2, 0) is 4.74 Å². The van der Waals surface area contributed by atoms with E-state index >= 15 is 0 Å². The van der Waals surface area contributed by atoms with E-state index in [1.165, 1.54) is 18.2 Å². The quantitative estimate of drug-likeness (QED) is 0.540. The first-order valence-corrected chi connectivity index (χ1v) is 11.4. The summed E-state index contributed by atoms with van der Waals surface area (Å²) >= 11 is 0. The Morgan fingerprint density at radius 2 is 1.57 bits per heavy atom. The molecule has 2 amide bonds. The van der Waals surface area contributed by atoms with Gasteiger partial charge in [0.05, 0.1) is 23.5 Å². The van der Waals surface area contributed by atoms with Gasteiger partial charge in [-0.3, -0.25) is 9.59 Å². The largest absolute Gasteiger partial charge is 0.462 e. The lowest BCUT2D eigenvalue weighted by molar-refractivity contribution is 0.0526. The average Bonchev–Trinajstić information content (AvgIpc) is 2.89. The summed E-state index contributed by atoms with van der Waals surface area (Å²) in [5.74, 6) is -1.54. The van der Waals surface area contributed by atoms with Crippen molar-refractivity contribution in [1.82, 2.24) is 4.90 Å². The second kappa shape index (κ2) is 10.8. The van der Waals surface area contributed by atoms with Crippen molar-refractivity contribution in [2.24, 2.45) is 0 Å². The Balaban J connectivity index is 1.55. The lowest BCUT2D eigenvalue weighted by atomic mass is 10.1. The molecule has 1 heterocycles. The minimum Gasteiger partial charge on any atom is -0.462 e. The Kier molecular flexibility index (Phi) is 7.40. The fraction of sp³-hybridized carbons (Fsp3) is 0.222. The predicted octanol–water partition coefficient (Wildman–Crippen LogP) is 4.22. The molecule has 3 aromatic rings. The van der Waals surface area contributed by atoms with Gasteiger partial charge < -0.3 is 19.9 Å². The molecule has 4 rings (SSSR count). The van der Waals surface area contributed by atoms with Gasteiger partial charge in [0.25, 0.3) is 11.8 Å². The Hall–Kier alpha value is -4.20. The molecule has 0 unspecified atom stereocenters. The van der Waals surface area contributed by atoms with Crippen molar-refractivity contribution in [2.45, 2.75) is 6.92 Å². The molecule has 180 valence electrons. The standard InChI is InChI=1S/C27H26FN3O4/c1-2-35-27(34)21-11-12-24(23(18-21)29-25(32)20-9-6-10-22(28)17-20)30-13-15-31(16-14-30)26(33)19-7-4-3-5-8-19/h3-12,17-18H,2,13-16H2,1H3,(H,29,32). The molecule has 3 aromatic carbocycles. The molecule has 1 aliphatic heterocycles. The van der Waals surface area contributed by atoms with Crippen LogP contribution in [0.3, 0.4) is 0 Å². The summed E-state index contributed by atoms with van der Waals surface area (Å²) in [4.78, 5) is 41.8. The number of ether oxygens (including phenoxy) is 1. The third kappa shape index (κ3) is 5.66. The summed E-state index contributed by atoms with van der Waals surface area (Å²) in [6.45, 7) is 4.04. The molecule has 0 aliphatic carbocycles. The molecule has 1 fully saturated rings. The van der Waals surface area contributed by atoms with E-state index in [4.69, 9.17) is 4.74 Å². The van der Waals surface area contributed by atoms with Gasteiger partial charge in [-0.2, -0.15) is 0 Å². The summed E-state index contributed by atoms with van der Waals surface area (Å²) in [5, 5.41) is 2.81. The number of nitrogens with one attached hydrogen (secondary N) is 1. The Labute approximate surface area is 203 Å². The lowest BCUT2D eigenvalue weighted by Crippen LogP contribution is -2.49. The van der Waals surface area contributed by atoms with Gasteiger partial charge in [0, 0.05) is 37.3 Å². The summed E-state index contributed by atoms with van der Waals surface area (Å²) in [7, 11) is 0. The van der Waals surface area contributed by atoms with Crippen LogP contribution in [0, 0.1) is 5.82 Å². The van der Waals surface area contributed by atoms with Gasteiger partial charge in [0.1, 0.15) is 5.82 Å². The molecule has 0 atom stereocenters. The fourth-order valence-corrected chi connectivity index (χ4v) is 3.99. The highest BCUT2D eigenvalue weighted by Crippen LogP contribution is 2.29. The molecule has 1 saturated heterocycles. The van der Waals surface area contributed by atoms with Gasteiger partial charge in [0.15, 0.2) is 0 Å². The molecule has 0 saturated carbocycles. The molecular weight excluding hydrogens is 449 g/mol. The van der Waals surface area contributed by atoms with E-state index in [0.29, 0.717) is 48.7 Å². The smallest absolute Gasteiger partial charge is 0.338 e. The number of carbonyl (C=O) groups excluding carboxylic acids is 3. The molecule has 0 aromatic heterocycles. The van der Waals surface area contributed by atoms with Crippen molar-refractivity contribution in [3.05, 3.63) is 95.3 Å². The monoisotopic (exact) mass is 475 g/mol. The number of benzene rings is 3. The first kappa shape index (κ1) is 23.9. The summed E-state index contributed by atoms with van der Waals surface area (Å²) in [6, 6.07) is 19.5. The summed E-state index contributed by atoms with van der Waals surface area (Å²) in [6.07, 6.45) is 0. The average molecular weight is 476 g/mol. The SMILES string of the molecule is CCOC(=O)c1ccc(N2CCN(C(=O)c3ccccc3)CC2)c(NC(=O)c2cccc(F)c2)c1. The molecule has 1 aliphatic rings. The van der Waals surface area contributed by atoms with Gasteiger partial charge in [-0.25, -0.2) is 9.18 Å². The molecule has 0 bridgehead atoms. The maximum Gasteiger partial charge on any atom is 0.338 e. The van der Waals surface area contributed by atoms with Crippen LogP contribution in [0.25, 0.3) is 0 Å². The fourth-order valence-electron chi connectivity index (χ4n) is 3.99. The van der Waals surface area contributed by atoms with Crippen molar-refractivity contribution in [3.8, 4) is 0 Å². The number of rotatable bonds is 6. The maximum atomic E-state index is 13.6. The highest BCUT2D eigenvalue weighted by Gasteiger charge is 2.25. The zero-order valence-electron chi connectivity index (χ0n) is 19.4. The van der Waals surface area contributed by atoms with E-state index in [1.54, 1.807) is 42.2 Å².